The number of aromatic nitrogens is 2. The highest BCUT2D eigenvalue weighted by Crippen LogP contribution is 2.30. The zero-order valence-electron chi connectivity index (χ0n) is 13.5. The van der Waals surface area contributed by atoms with Crippen LogP contribution in [0.2, 0.25) is 0 Å². The molecule has 3 heterocycles. The first-order valence-electron chi connectivity index (χ1n) is 8.36. The molecule has 4 heteroatoms. The van der Waals surface area contributed by atoms with Crippen LogP contribution < -0.4 is 5.43 Å². The van der Waals surface area contributed by atoms with E-state index >= 15 is 0 Å². The van der Waals surface area contributed by atoms with Crippen LogP contribution in [-0.4, -0.2) is 28.1 Å². The minimum atomic E-state index is 0.977. The van der Waals surface area contributed by atoms with Crippen molar-refractivity contribution in [3.8, 4) is 11.4 Å². The molecule has 0 unspecified atom stereocenters. The van der Waals surface area contributed by atoms with E-state index < -0.39 is 0 Å². The molecule has 0 aliphatic carbocycles. The number of H-pyrrole nitrogens is 1. The molecule has 0 bridgehead atoms. The molecule has 1 aromatic carbocycles. The van der Waals surface area contributed by atoms with E-state index in [1.165, 1.54) is 30.2 Å². The van der Waals surface area contributed by atoms with Gasteiger partial charge in [-0.05, 0) is 55.7 Å². The van der Waals surface area contributed by atoms with E-state index in [0.717, 1.165) is 35.7 Å². The Bertz CT molecular complexity index is 801. The highest BCUT2D eigenvalue weighted by molar-refractivity contribution is 5.95. The molecular weight excluding hydrogens is 284 g/mol. The summed E-state index contributed by atoms with van der Waals surface area (Å²) in [5.74, 6) is 0. The fourth-order valence-corrected chi connectivity index (χ4v) is 3.32. The number of nitrogens with one attached hydrogen (secondary N) is 2. The maximum absolute atomic E-state index is 4.45. The molecule has 2 aromatic heterocycles. The van der Waals surface area contributed by atoms with Gasteiger partial charge in [0.2, 0.25) is 0 Å². The van der Waals surface area contributed by atoms with Crippen molar-refractivity contribution in [1.82, 2.24) is 15.0 Å². The lowest BCUT2D eigenvalue weighted by Crippen LogP contribution is -2.34. The summed E-state index contributed by atoms with van der Waals surface area (Å²) in [6, 6.07) is 12.6. The molecule has 0 spiro atoms. The Labute approximate surface area is 136 Å². The summed E-state index contributed by atoms with van der Waals surface area (Å²) in [5, 5.41) is 3.56. The van der Waals surface area contributed by atoms with Gasteiger partial charge >= 0.3 is 0 Å². The summed E-state index contributed by atoms with van der Waals surface area (Å²) in [7, 11) is 0. The van der Waals surface area contributed by atoms with E-state index in [1.54, 1.807) is 0 Å². The van der Waals surface area contributed by atoms with Crippen molar-refractivity contribution >= 4 is 16.6 Å². The number of benzene rings is 1. The maximum Gasteiger partial charge on any atom is 0.0864 e. The predicted octanol–water partition coefficient (Wildman–Crippen LogP) is 4.35. The van der Waals surface area contributed by atoms with E-state index in [9.17, 15) is 0 Å². The number of piperidine rings is 1. The fourth-order valence-electron chi connectivity index (χ4n) is 3.32. The SMILES string of the molecule is Cc1cc(NN2CCCCC2)c2[nH]c(-c3ccccn3)cc2c1. The van der Waals surface area contributed by atoms with Crippen molar-refractivity contribution in [2.75, 3.05) is 18.5 Å². The van der Waals surface area contributed by atoms with E-state index in [1.807, 2.05) is 24.4 Å². The predicted molar refractivity (Wildman–Crippen MR) is 95.3 cm³/mol. The van der Waals surface area contributed by atoms with Crippen LogP contribution in [0.1, 0.15) is 24.8 Å². The lowest BCUT2D eigenvalue weighted by molar-refractivity contribution is 0.273. The number of hydrazine groups is 1. The van der Waals surface area contributed by atoms with Crippen LogP contribution in [-0.2, 0) is 0 Å². The number of hydrogen-bond acceptors (Lipinski definition) is 3. The molecule has 0 atom stereocenters. The van der Waals surface area contributed by atoms with Crippen LogP contribution in [0, 0.1) is 6.92 Å². The molecule has 4 rings (SSSR count). The molecule has 1 aliphatic heterocycles. The Balaban J connectivity index is 1.73. The monoisotopic (exact) mass is 306 g/mol. The van der Waals surface area contributed by atoms with E-state index in [2.05, 4.69) is 45.5 Å². The smallest absolute Gasteiger partial charge is 0.0864 e. The van der Waals surface area contributed by atoms with Gasteiger partial charge in [0.25, 0.3) is 0 Å². The fraction of sp³-hybridized carbons (Fsp3) is 0.316. The number of pyridine rings is 1. The summed E-state index contributed by atoms with van der Waals surface area (Å²) in [6.07, 6.45) is 5.71. The van der Waals surface area contributed by atoms with Crippen molar-refractivity contribution in [1.29, 1.82) is 0 Å². The van der Waals surface area contributed by atoms with Crippen molar-refractivity contribution in [3.63, 3.8) is 0 Å². The first kappa shape index (κ1) is 14.3. The van der Waals surface area contributed by atoms with Crippen molar-refractivity contribution in [2.45, 2.75) is 26.2 Å². The standard InChI is InChI=1S/C19H22N4/c1-14-11-15-13-17(16-7-3-4-8-20-16)21-19(15)18(12-14)22-23-9-5-2-6-10-23/h3-4,7-8,11-13,21-22H,2,5-6,9-10H2,1H3. The Kier molecular flexibility index (Phi) is 3.75. The van der Waals surface area contributed by atoms with Crippen LogP contribution in [0.15, 0.2) is 42.6 Å². The third-order valence-electron chi connectivity index (χ3n) is 4.45. The quantitative estimate of drug-likeness (QED) is 0.756. The summed E-state index contributed by atoms with van der Waals surface area (Å²) in [6.45, 7) is 4.38. The normalized spacial score (nSPS) is 15.9. The number of hydrogen-bond donors (Lipinski definition) is 2. The van der Waals surface area contributed by atoms with Crippen molar-refractivity contribution in [3.05, 3.63) is 48.2 Å². The Morgan fingerprint density at radius 1 is 1.09 bits per heavy atom. The molecule has 1 fully saturated rings. The summed E-state index contributed by atoms with van der Waals surface area (Å²) < 4.78 is 0. The van der Waals surface area contributed by atoms with Crippen LogP contribution in [0.4, 0.5) is 5.69 Å². The van der Waals surface area contributed by atoms with Gasteiger partial charge in [-0.25, -0.2) is 5.01 Å². The molecule has 23 heavy (non-hydrogen) atoms. The van der Waals surface area contributed by atoms with Crippen LogP contribution in [0.5, 0.6) is 0 Å². The first-order valence-corrected chi connectivity index (χ1v) is 8.36. The van der Waals surface area contributed by atoms with Gasteiger partial charge in [0.15, 0.2) is 0 Å². The third-order valence-corrected chi connectivity index (χ3v) is 4.45. The molecule has 1 saturated heterocycles. The molecule has 1 aliphatic rings. The van der Waals surface area contributed by atoms with Gasteiger partial charge in [-0.3, -0.25) is 4.98 Å². The van der Waals surface area contributed by atoms with E-state index in [4.69, 9.17) is 0 Å². The number of rotatable bonds is 3. The Morgan fingerprint density at radius 3 is 2.74 bits per heavy atom. The second kappa shape index (κ2) is 6.05. The molecule has 0 amide bonds. The minimum absolute atomic E-state index is 0.977. The van der Waals surface area contributed by atoms with Crippen molar-refractivity contribution < 1.29 is 0 Å². The van der Waals surface area contributed by atoms with E-state index in [-0.39, 0.29) is 0 Å². The van der Waals surface area contributed by atoms with Crippen LogP contribution >= 0.6 is 0 Å². The second-order valence-corrected chi connectivity index (χ2v) is 6.33. The number of aromatic amines is 1. The third kappa shape index (κ3) is 2.94. The lowest BCUT2D eigenvalue weighted by atomic mass is 10.1. The average Bonchev–Trinajstić information content (AvgIpc) is 3.01. The highest BCUT2D eigenvalue weighted by Gasteiger charge is 2.13. The van der Waals surface area contributed by atoms with Gasteiger partial charge in [-0.1, -0.05) is 12.5 Å². The molecule has 0 saturated carbocycles. The van der Waals surface area contributed by atoms with Gasteiger partial charge in [-0.2, -0.15) is 0 Å². The van der Waals surface area contributed by atoms with Crippen molar-refractivity contribution in [2.24, 2.45) is 0 Å². The van der Waals surface area contributed by atoms with Gasteiger partial charge < -0.3 is 10.4 Å². The summed E-state index contributed by atoms with van der Waals surface area (Å²) in [5.41, 5.74) is 9.23. The van der Waals surface area contributed by atoms with Gasteiger partial charge in [0.05, 0.1) is 22.6 Å². The highest BCUT2D eigenvalue weighted by atomic mass is 15.5. The topological polar surface area (TPSA) is 44.0 Å². The molecular formula is C19H22N4. The second-order valence-electron chi connectivity index (χ2n) is 6.33. The van der Waals surface area contributed by atoms with Crippen LogP contribution in [0.3, 0.4) is 0 Å². The molecule has 2 N–H and O–H groups in total. The number of nitrogens with zero attached hydrogens (tertiary/aromatic N) is 2. The number of anilines is 1. The molecule has 3 aromatic rings. The zero-order chi connectivity index (χ0) is 15.6. The summed E-state index contributed by atoms with van der Waals surface area (Å²) >= 11 is 0. The largest absolute Gasteiger partial charge is 0.352 e. The Morgan fingerprint density at radius 2 is 1.96 bits per heavy atom. The molecule has 4 nitrogen and oxygen atoms in total. The molecule has 118 valence electrons. The number of fused-ring (bicyclic) bond motifs is 1. The van der Waals surface area contributed by atoms with Gasteiger partial charge in [-0.15, -0.1) is 0 Å². The molecule has 0 radical (unpaired) electrons. The average molecular weight is 306 g/mol. The zero-order valence-corrected chi connectivity index (χ0v) is 13.5. The maximum atomic E-state index is 4.45. The summed E-state index contributed by atoms with van der Waals surface area (Å²) in [4.78, 5) is 8.00. The van der Waals surface area contributed by atoms with Crippen LogP contribution in [0.25, 0.3) is 22.3 Å². The number of aryl methyl sites for hydroxylation is 1. The lowest BCUT2D eigenvalue weighted by Gasteiger charge is -2.28. The first-order chi connectivity index (χ1) is 11.3. The van der Waals surface area contributed by atoms with Gasteiger partial charge in [0.1, 0.15) is 0 Å². The van der Waals surface area contributed by atoms with Gasteiger partial charge in [0, 0.05) is 24.7 Å². The Hall–Kier alpha value is -2.33. The van der Waals surface area contributed by atoms with E-state index in [0.29, 0.717) is 0 Å². The minimum Gasteiger partial charge on any atom is -0.352 e.